The third kappa shape index (κ3) is 9.83. The summed E-state index contributed by atoms with van der Waals surface area (Å²) in [6.07, 6.45) is -15.8. The second-order valence-electron chi connectivity index (χ2n) is 8.58. The van der Waals surface area contributed by atoms with Gasteiger partial charge < -0.3 is 29.0 Å². The number of carbonyl (C=O) groups is 2. The fraction of sp³-hybridized carbons (Fsp3) is 0.667. The van der Waals surface area contributed by atoms with Gasteiger partial charge in [0.25, 0.3) is 0 Å². The molecule has 0 spiro atoms. The Morgan fingerprint density at radius 1 is 0.902 bits per heavy atom. The molecule has 41 heavy (non-hydrogen) atoms. The Morgan fingerprint density at radius 3 is 1.95 bits per heavy atom. The molecule has 0 aromatic heterocycles. The first-order valence-corrected chi connectivity index (χ1v) is 12.2. The Balaban J connectivity index is 2.85. The molecule has 0 aliphatic carbocycles. The van der Waals surface area contributed by atoms with E-state index in [1.165, 1.54) is 31.2 Å². The van der Waals surface area contributed by atoms with E-state index in [0.717, 1.165) is 0 Å². The number of ether oxygens (including phenoxy) is 4. The van der Waals surface area contributed by atoms with E-state index in [-0.39, 0.29) is 25.4 Å². The third-order valence-corrected chi connectivity index (χ3v) is 5.51. The Bertz CT molecular complexity index is 975. The highest BCUT2D eigenvalue weighted by atomic mass is 19.4. The maximum Gasteiger partial charge on any atom is 0.460 e. The van der Waals surface area contributed by atoms with Crippen LogP contribution >= 0.6 is 0 Å². The molecule has 8 nitrogen and oxygen atoms in total. The van der Waals surface area contributed by atoms with Crippen molar-refractivity contribution in [2.45, 2.75) is 70.0 Å². The molecule has 1 N–H and O–H groups in total. The molecule has 0 radical (unpaired) electrons. The molecule has 0 fully saturated rings. The summed E-state index contributed by atoms with van der Waals surface area (Å²) in [5.74, 6) is -15.0. The molecular weight excluding hydrogens is 585 g/mol. The minimum absolute atomic E-state index is 0.0528. The van der Waals surface area contributed by atoms with Gasteiger partial charge in [0.2, 0.25) is 0 Å². The molecule has 0 saturated heterocycles. The summed E-state index contributed by atoms with van der Waals surface area (Å²) >= 11 is 0. The van der Waals surface area contributed by atoms with Crippen molar-refractivity contribution in [3.05, 3.63) is 29.8 Å². The molecule has 0 aliphatic heterocycles. The number of hydrogen-bond acceptors (Lipinski definition) is 6. The Kier molecular flexibility index (Phi) is 13.0. The number of carboxylic acid groups (broad SMARTS) is 1. The van der Waals surface area contributed by atoms with Crippen LogP contribution in [0.15, 0.2) is 24.3 Å². The van der Waals surface area contributed by atoms with Crippen LogP contribution in [0.25, 0.3) is 0 Å². The van der Waals surface area contributed by atoms with Gasteiger partial charge in [0.1, 0.15) is 18.5 Å². The largest absolute Gasteiger partial charge is 0.492 e. The van der Waals surface area contributed by atoms with Gasteiger partial charge in [-0.3, -0.25) is 0 Å². The summed E-state index contributed by atoms with van der Waals surface area (Å²) < 4.78 is 136. The number of aliphatic carboxylic acids is 1. The first-order chi connectivity index (χ1) is 18.8. The summed E-state index contributed by atoms with van der Waals surface area (Å²) in [5, 5.41) is 9.16. The van der Waals surface area contributed by atoms with Crippen LogP contribution in [0.2, 0.25) is 0 Å². The van der Waals surface area contributed by atoms with Gasteiger partial charge in [-0.15, -0.1) is 0 Å². The summed E-state index contributed by atoms with van der Waals surface area (Å²) in [5.41, 5.74) is 0.586. The summed E-state index contributed by atoms with van der Waals surface area (Å²) in [6, 6.07) is 5.97. The number of benzene rings is 1. The number of alkyl halides is 9. The summed E-state index contributed by atoms with van der Waals surface area (Å²) in [6.45, 7) is 1.64. The summed E-state index contributed by atoms with van der Waals surface area (Å²) in [4.78, 5) is 24.2. The van der Waals surface area contributed by atoms with Crippen LogP contribution in [0.4, 0.5) is 44.3 Å². The van der Waals surface area contributed by atoms with Crippen molar-refractivity contribution in [1.29, 1.82) is 0 Å². The maximum absolute atomic E-state index is 13.7. The quantitative estimate of drug-likeness (QED) is 0.222. The Morgan fingerprint density at radius 2 is 1.46 bits per heavy atom. The normalized spacial score (nSPS) is 14.3. The van der Waals surface area contributed by atoms with Crippen molar-refractivity contribution < 1.29 is 73.2 Å². The van der Waals surface area contributed by atoms with E-state index in [9.17, 15) is 49.1 Å². The smallest absolute Gasteiger partial charge is 0.460 e. The first kappa shape index (κ1) is 36.1. The van der Waals surface area contributed by atoms with Crippen LogP contribution in [-0.4, -0.2) is 91.3 Å². The number of carboxylic acids is 1. The molecule has 0 saturated carbocycles. The van der Waals surface area contributed by atoms with E-state index in [4.69, 9.17) is 19.3 Å². The first-order valence-electron chi connectivity index (χ1n) is 12.2. The molecule has 1 amide bonds. The molecule has 1 aromatic rings. The van der Waals surface area contributed by atoms with E-state index in [2.05, 4.69) is 4.74 Å². The minimum atomic E-state index is -7.11. The topological polar surface area (TPSA) is 94.5 Å². The average molecular weight is 615 g/mol. The molecule has 17 heteroatoms. The lowest BCUT2D eigenvalue weighted by Gasteiger charge is -2.33. The second-order valence-corrected chi connectivity index (χ2v) is 8.58. The van der Waals surface area contributed by atoms with Crippen molar-refractivity contribution in [2.75, 3.05) is 32.9 Å². The molecule has 2 atom stereocenters. The van der Waals surface area contributed by atoms with Gasteiger partial charge in [-0.1, -0.05) is 19.1 Å². The standard InChI is InChI=1S/C24H30F9NO7/c1-4-15(3)41-20(37)34(11-13-40-24(32,33)22(27,28)21(25,26)23(29,30)31)10-12-39-17-8-6-16(7-9-17)14-18(19(35)36)38-5-2/h6-9,15,18H,4-5,10-14H2,1-3H3,(H,35,36). The van der Waals surface area contributed by atoms with Crippen molar-refractivity contribution in [2.24, 2.45) is 0 Å². The monoisotopic (exact) mass is 615 g/mol. The van der Waals surface area contributed by atoms with Gasteiger partial charge in [-0.2, -0.15) is 39.5 Å². The van der Waals surface area contributed by atoms with Crippen LogP contribution in [0.1, 0.15) is 32.8 Å². The maximum atomic E-state index is 13.7. The van der Waals surface area contributed by atoms with Crippen LogP contribution < -0.4 is 4.74 Å². The van der Waals surface area contributed by atoms with Crippen molar-refractivity contribution >= 4 is 12.1 Å². The van der Waals surface area contributed by atoms with Gasteiger partial charge in [0.15, 0.2) is 6.10 Å². The number of halogens is 9. The molecule has 0 bridgehead atoms. The average Bonchev–Trinajstić information content (AvgIpc) is 2.87. The van der Waals surface area contributed by atoms with Crippen LogP contribution in [0.5, 0.6) is 5.75 Å². The predicted molar refractivity (Wildman–Crippen MR) is 123 cm³/mol. The predicted octanol–water partition coefficient (Wildman–Crippen LogP) is 5.78. The molecule has 0 heterocycles. The van der Waals surface area contributed by atoms with E-state index in [0.29, 0.717) is 16.9 Å². The molecule has 0 aliphatic rings. The second kappa shape index (κ2) is 14.8. The highest BCUT2D eigenvalue weighted by molar-refractivity contribution is 5.72. The van der Waals surface area contributed by atoms with Gasteiger partial charge in [-0.25, -0.2) is 9.59 Å². The van der Waals surface area contributed by atoms with E-state index in [1.807, 2.05) is 0 Å². The molecule has 2 unspecified atom stereocenters. The van der Waals surface area contributed by atoms with Gasteiger partial charge in [0, 0.05) is 19.6 Å². The number of hydrogen-bond donors (Lipinski definition) is 1. The van der Waals surface area contributed by atoms with E-state index < -0.39 is 68.1 Å². The molecular formula is C24H30F9NO7. The van der Waals surface area contributed by atoms with Crippen LogP contribution in [0.3, 0.4) is 0 Å². The number of carbonyl (C=O) groups excluding carboxylic acids is 1. The van der Waals surface area contributed by atoms with Crippen LogP contribution in [0, 0.1) is 0 Å². The Labute approximate surface area is 229 Å². The van der Waals surface area contributed by atoms with Crippen molar-refractivity contribution in [3.63, 3.8) is 0 Å². The van der Waals surface area contributed by atoms with Crippen LogP contribution in [-0.2, 0) is 25.4 Å². The van der Waals surface area contributed by atoms with E-state index in [1.54, 1.807) is 13.8 Å². The fourth-order valence-electron chi connectivity index (χ4n) is 2.99. The zero-order valence-corrected chi connectivity index (χ0v) is 22.2. The molecule has 1 rings (SSSR count). The van der Waals surface area contributed by atoms with Crippen molar-refractivity contribution in [3.8, 4) is 5.75 Å². The lowest BCUT2D eigenvalue weighted by molar-refractivity contribution is -0.443. The Hall–Kier alpha value is -2.95. The fourth-order valence-corrected chi connectivity index (χ4v) is 2.99. The van der Waals surface area contributed by atoms with Crippen molar-refractivity contribution in [1.82, 2.24) is 4.90 Å². The summed E-state index contributed by atoms with van der Waals surface area (Å²) in [7, 11) is 0. The highest BCUT2D eigenvalue weighted by Crippen LogP contribution is 2.53. The zero-order valence-electron chi connectivity index (χ0n) is 22.2. The lowest BCUT2D eigenvalue weighted by atomic mass is 10.1. The van der Waals surface area contributed by atoms with Gasteiger partial charge >= 0.3 is 36.2 Å². The van der Waals surface area contributed by atoms with Gasteiger partial charge in [0.05, 0.1) is 13.2 Å². The number of nitrogens with zero attached hydrogens (tertiary/aromatic N) is 1. The SMILES string of the molecule is CCOC(Cc1ccc(OCCN(CCOC(F)(F)C(F)(F)C(F)(F)C(F)(F)F)C(=O)OC(C)CC)cc1)C(=O)O. The molecule has 236 valence electrons. The highest BCUT2D eigenvalue weighted by Gasteiger charge is 2.82. The minimum Gasteiger partial charge on any atom is -0.492 e. The van der Waals surface area contributed by atoms with Gasteiger partial charge in [-0.05, 0) is 38.0 Å². The number of amides is 1. The van der Waals surface area contributed by atoms with E-state index >= 15 is 0 Å². The third-order valence-electron chi connectivity index (χ3n) is 5.51. The lowest BCUT2D eigenvalue weighted by Crippen LogP contribution is -2.62. The zero-order chi connectivity index (χ0) is 31.6. The number of rotatable bonds is 17. The molecule has 1 aromatic carbocycles.